The molecule has 38 heavy (non-hydrogen) atoms. The molecule has 0 spiro atoms. The molecule has 0 saturated heterocycles. The highest BCUT2D eigenvalue weighted by Crippen LogP contribution is 2.19. The number of amides is 3. The van der Waals surface area contributed by atoms with Crippen molar-refractivity contribution in [3.8, 4) is 0 Å². The van der Waals surface area contributed by atoms with E-state index >= 15 is 0 Å². The number of rotatable bonds is 16. The third-order valence-electron chi connectivity index (χ3n) is 5.84. The smallest absolute Gasteiger partial charge is 0.326 e. The van der Waals surface area contributed by atoms with Gasteiger partial charge < -0.3 is 42.6 Å². The fourth-order valence-electron chi connectivity index (χ4n) is 3.77. The zero-order valence-electron chi connectivity index (χ0n) is 20.7. The molecule has 2 rings (SSSR count). The van der Waals surface area contributed by atoms with Crippen LogP contribution < -0.4 is 27.4 Å². The highest BCUT2D eigenvalue weighted by molar-refractivity contribution is 7.80. The third kappa shape index (κ3) is 9.04. The first kappa shape index (κ1) is 30.6. The molecule has 3 amide bonds. The second-order valence-corrected chi connectivity index (χ2v) is 9.12. The molecule has 4 atom stereocenters. The minimum absolute atomic E-state index is 0.0411. The minimum atomic E-state index is -1.71. The van der Waals surface area contributed by atoms with Crippen LogP contribution in [0.15, 0.2) is 30.5 Å². The van der Waals surface area contributed by atoms with E-state index in [0.29, 0.717) is 24.9 Å². The molecule has 0 aliphatic carbocycles. The number of thiol groups is 1. The summed E-state index contributed by atoms with van der Waals surface area (Å²) in [5, 5.41) is 26.5. The molecular weight excluding hydrogens is 516 g/mol. The van der Waals surface area contributed by atoms with E-state index in [1.54, 1.807) is 12.3 Å². The van der Waals surface area contributed by atoms with Crippen molar-refractivity contribution in [2.75, 3.05) is 12.3 Å². The van der Waals surface area contributed by atoms with E-state index in [0.717, 1.165) is 10.9 Å². The lowest BCUT2D eigenvalue weighted by molar-refractivity contribution is -0.147. The van der Waals surface area contributed by atoms with E-state index in [1.165, 1.54) is 0 Å². The van der Waals surface area contributed by atoms with E-state index in [9.17, 15) is 29.1 Å². The van der Waals surface area contributed by atoms with Gasteiger partial charge in [-0.05, 0) is 37.4 Å². The molecule has 0 aliphatic heterocycles. The first-order valence-electron chi connectivity index (χ1n) is 12.0. The van der Waals surface area contributed by atoms with Gasteiger partial charge in [-0.1, -0.05) is 18.2 Å². The Morgan fingerprint density at radius 2 is 1.55 bits per heavy atom. The maximum atomic E-state index is 13.3. The molecule has 1 aromatic heterocycles. The van der Waals surface area contributed by atoms with Crippen molar-refractivity contribution in [3.05, 3.63) is 36.0 Å². The number of para-hydroxylation sites is 1. The van der Waals surface area contributed by atoms with Crippen molar-refractivity contribution in [3.63, 3.8) is 0 Å². The average molecular weight is 551 g/mol. The van der Waals surface area contributed by atoms with Gasteiger partial charge in [0.2, 0.25) is 17.7 Å². The predicted molar refractivity (Wildman–Crippen MR) is 142 cm³/mol. The van der Waals surface area contributed by atoms with Gasteiger partial charge >= 0.3 is 11.9 Å². The highest BCUT2D eigenvalue weighted by Gasteiger charge is 2.31. The number of H-pyrrole nitrogens is 1. The molecule has 2 aromatic rings. The molecular formula is C24H34N6O7S. The first-order valence-corrected chi connectivity index (χ1v) is 12.7. The number of aromatic nitrogens is 1. The molecule has 208 valence electrons. The van der Waals surface area contributed by atoms with Gasteiger partial charge in [-0.25, -0.2) is 4.79 Å². The Labute approximate surface area is 224 Å². The van der Waals surface area contributed by atoms with Crippen LogP contribution in [0.5, 0.6) is 0 Å². The van der Waals surface area contributed by atoms with Gasteiger partial charge in [0, 0.05) is 29.3 Å². The maximum Gasteiger partial charge on any atom is 0.326 e. The van der Waals surface area contributed by atoms with Crippen molar-refractivity contribution in [1.29, 1.82) is 0 Å². The third-order valence-corrected chi connectivity index (χ3v) is 6.23. The van der Waals surface area contributed by atoms with Crippen LogP contribution in [0.1, 0.15) is 31.2 Å². The molecule has 0 radical (unpaired) electrons. The largest absolute Gasteiger partial charge is 0.481 e. The van der Waals surface area contributed by atoms with Gasteiger partial charge in [0.1, 0.15) is 18.1 Å². The fraction of sp³-hybridized carbons (Fsp3) is 0.458. The summed E-state index contributed by atoms with van der Waals surface area (Å²) in [6, 6.07) is 2.26. The van der Waals surface area contributed by atoms with Crippen LogP contribution in [0.3, 0.4) is 0 Å². The van der Waals surface area contributed by atoms with Gasteiger partial charge in [-0.15, -0.1) is 0 Å². The van der Waals surface area contributed by atoms with E-state index in [-0.39, 0.29) is 18.6 Å². The second kappa shape index (κ2) is 15.0. The minimum Gasteiger partial charge on any atom is -0.481 e. The number of carbonyl (C=O) groups excluding carboxylic acids is 3. The Morgan fingerprint density at radius 3 is 2.18 bits per heavy atom. The normalized spacial score (nSPS) is 14.2. The summed E-state index contributed by atoms with van der Waals surface area (Å²) >= 11 is 4.00. The molecule has 0 fully saturated rings. The number of nitrogens with two attached hydrogens (primary N) is 2. The zero-order valence-corrected chi connectivity index (χ0v) is 21.6. The van der Waals surface area contributed by atoms with Crippen LogP contribution in [-0.4, -0.2) is 81.3 Å². The lowest BCUT2D eigenvalue weighted by Crippen LogP contribution is -2.58. The summed E-state index contributed by atoms with van der Waals surface area (Å²) < 4.78 is 0. The summed E-state index contributed by atoms with van der Waals surface area (Å²) in [6.45, 7) is 0.379. The molecule has 14 heteroatoms. The number of hydrogen-bond donors (Lipinski definition) is 9. The van der Waals surface area contributed by atoms with Crippen LogP contribution in [0.2, 0.25) is 0 Å². The van der Waals surface area contributed by atoms with E-state index in [1.807, 2.05) is 18.2 Å². The Bertz CT molecular complexity index is 1140. The van der Waals surface area contributed by atoms with Crippen LogP contribution in [0, 0.1) is 0 Å². The van der Waals surface area contributed by atoms with E-state index in [4.69, 9.17) is 16.6 Å². The summed E-state index contributed by atoms with van der Waals surface area (Å²) in [6.07, 6.45) is 2.08. The lowest BCUT2D eigenvalue weighted by Gasteiger charge is -2.25. The topological polar surface area (TPSA) is 230 Å². The van der Waals surface area contributed by atoms with Gasteiger partial charge in [0.25, 0.3) is 0 Å². The number of carbonyl (C=O) groups is 5. The molecule has 4 unspecified atom stereocenters. The Morgan fingerprint density at radius 1 is 0.921 bits per heavy atom. The Kier molecular flexibility index (Phi) is 12.0. The van der Waals surface area contributed by atoms with Crippen molar-refractivity contribution in [1.82, 2.24) is 20.9 Å². The van der Waals surface area contributed by atoms with Crippen molar-refractivity contribution in [2.45, 2.75) is 56.3 Å². The van der Waals surface area contributed by atoms with Crippen molar-refractivity contribution >= 4 is 53.2 Å². The van der Waals surface area contributed by atoms with Crippen molar-refractivity contribution < 1.29 is 34.2 Å². The molecule has 1 aromatic carbocycles. The summed E-state index contributed by atoms with van der Waals surface area (Å²) in [5.74, 6) is -5.08. The SMILES string of the molecule is NCCCCC(NC(=O)C(N)CS)C(=O)NC(Cc1c[nH]c2ccccc12)C(=O)NC(CC(=O)O)C(=O)O. The number of hydrogen-bond acceptors (Lipinski definition) is 8. The molecule has 10 N–H and O–H groups in total. The number of carboxylic acid groups (broad SMARTS) is 2. The molecule has 0 bridgehead atoms. The maximum absolute atomic E-state index is 13.3. The molecule has 13 nitrogen and oxygen atoms in total. The number of aliphatic carboxylic acids is 2. The Balaban J connectivity index is 2.32. The average Bonchev–Trinajstić information content (AvgIpc) is 3.29. The molecule has 0 saturated carbocycles. The molecule has 1 heterocycles. The number of carboxylic acids is 2. The predicted octanol–water partition coefficient (Wildman–Crippen LogP) is -0.890. The number of unbranched alkanes of at least 4 members (excludes halogenated alkanes) is 1. The number of fused-ring (bicyclic) bond motifs is 1. The summed E-state index contributed by atoms with van der Waals surface area (Å²) in [7, 11) is 0. The second-order valence-electron chi connectivity index (χ2n) is 8.76. The van der Waals surface area contributed by atoms with Crippen LogP contribution in [0.25, 0.3) is 10.9 Å². The van der Waals surface area contributed by atoms with E-state index in [2.05, 4.69) is 33.6 Å². The first-order chi connectivity index (χ1) is 18.1. The van der Waals surface area contributed by atoms with Crippen LogP contribution in [0.4, 0.5) is 0 Å². The van der Waals surface area contributed by atoms with Gasteiger partial charge in [0.15, 0.2) is 0 Å². The van der Waals surface area contributed by atoms with Gasteiger partial charge in [-0.2, -0.15) is 12.6 Å². The monoisotopic (exact) mass is 550 g/mol. The molecule has 0 aliphatic rings. The van der Waals surface area contributed by atoms with Gasteiger partial charge in [0.05, 0.1) is 12.5 Å². The van der Waals surface area contributed by atoms with E-state index < -0.39 is 60.2 Å². The number of benzene rings is 1. The summed E-state index contributed by atoms with van der Waals surface area (Å²) in [4.78, 5) is 64.5. The lowest BCUT2D eigenvalue weighted by atomic mass is 10.0. The zero-order chi connectivity index (χ0) is 28.2. The van der Waals surface area contributed by atoms with Crippen molar-refractivity contribution in [2.24, 2.45) is 11.5 Å². The summed E-state index contributed by atoms with van der Waals surface area (Å²) in [5.41, 5.74) is 12.7. The fourth-order valence-corrected chi connectivity index (χ4v) is 3.94. The Hall–Kier alpha value is -3.62. The van der Waals surface area contributed by atoms with Crippen LogP contribution in [-0.2, 0) is 30.4 Å². The van der Waals surface area contributed by atoms with Gasteiger partial charge in [-0.3, -0.25) is 19.2 Å². The standard InChI is InChI=1S/C24H34N6O7S/c25-8-4-3-7-17(28-21(33)15(26)12-38)22(34)29-18(23(35)30-19(24(36)37)10-20(31)32)9-13-11-27-16-6-2-1-5-14(13)16/h1-2,5-6,11,15,17-19,27,38H,3-4,7-10,12,25-26H2,(H,28,33)(H,29,34)(H,30,35)(H,31,32)(H,36,37). The quantitative estimate of drug-likeness (QED) is 0.0931. The number of nitrogens with one attached hydrogen (secondary N) is 4. The number of aromatic amines is 1. The highest BCUT2D eigenvalue weighted by atomic mass is 32.1. The van der Waals surface area contributed by atoms with Crippen LogP contribution >= 0.6 is 12.6 Å².